The fraction of sp³-hybridized carbons (Fsp3) is 0. The molecule has 4 nitrogen and oxygen atoms in total. The molecule has 0 radical (unpaired) electrons. The fourth-order valence-corrected chi connectivity index (χ4v) is 4.03. The normalized spacial score (nSPS) is 11.4. The van der Waals surface area contributed by atoms with Crippen molar-refractivity contribution in [2.75, 3.05) is 4.72 Å². The van der Waals surface area contributed by atoms with Crippen molar-refractivity contribution in [2.24, 2.45) is 0 Å². The van der Waals surface area contributed by atoms with Gasteiger partial charge in [0.1, 0.15) is 0 Å². The van der Waals surface area contributed by atoms with Gasteiger partial charge in [-0.2, -0.15) is 0 Å². The van der Waals surface area contributed by atoms with Gasteiger partial charge in [0, 0.05) is 16.0 Å². The van der Waals surface area contributed by atoms with Crippen LogP contribution in [0.25, 0.3) is 22.2 Å². The third kappa shape index (κ3) is 3.65. The third-order valence-electron chi connectivity index (χ3n) is 4.17. The van der Waals surface area contributed by atoms with E-state index in [1.807, 2.05) is 48.5 Å². The second-order valence-corrected chi connectivity index (χ2v) is 8.11. The van der Waals surface area contributed by atoms with E-state index in [4.69, 9.17) is 11.6 Å². The van der Waals surface area contributed by atoms with Gasteiger partial charge in [-0.15, -0.1) is 0 Å². The number of nitrogens with zero attached hydrogens (tertiary/aromatic N) is 1. The molecule has 6 heteroatoms. The van der Waals surface area contributed by atoms with Gasteiger partial charge < -0.3 is 0 Å². The Morgan fingerprint density at radius 1 is 0.778 bits per heavy atom. The second kappa shape index (κ2) is 7.02. The van der Waals surface area contributed by atoms with Crippen molar-refractivity contribution in [2.45, 2.75) is 4.90 Å². The van der Waals surface area contributed by atoms with Gasteiger partial charge in [0.25, 0.3) is 10.0 Å². The van der Waals surface area contributed by atoms with Crippen molar-refractivity contribution in [1.82, 2.24) is 4.98 Å². The van der Waals surface area contributed by atoms with E-state index in [2.05, 4.69) is 9.71 Å². The van der Waals surface area contributed by atoms with Crippen LogP contribution in [0.5, 0.6) is 0 Å². The summed E-state index contributed by atoms with van der Waals surface area (Å²) in [6.07, 6.45) is 0. The molecule has 0 saturated heterocycles. The quantitative estimate of drug-likeness (QED) is 0.507. The Morgan fingerprint density at radius 2 is 1.48 bits per heavy atom. The highest BCUT2D eigenvalue weighted by molar-refractivity contribution is 7.92. The number of aromatic nitrogens is 1. The number of hydrogen-bond donors (Lipinski definition) is 1. The smallest absolute Gasteiger partial charge is 0.261 e. The summed E-state index contributed by atoms with van der Waals surface area (Å²) in [5, 5.41) is 1.51. The maximum absolute atomic E-state index is 12.7. The first-order valence-corrected chi connectivity index (χ1v) is 10.1. The average molecular weight is 395 g/mol. The van der Waals surface area contributed by atoms with E-state index in [-0.39, 0.29) is 4.90 Å². The van der Waals surface area contributed by atoms with Crippen molar-refractivity contribution in [3.8, 4) is 11.3 Å². The van der Waals surface area contributed by atoms with E-state index in [0.29, 0.717) is 22.0 Å². The zero-order valence-electron chi connectivity index (χ0n) is 14.1. The molecule has 1 aromatic heterocycles. The first-order valence-electron chi connectivity index (χ1n) is 8.26. The number of nitrogens with one attached hydrogen (secondary N) is 1. The molecule has 1 N–H and O–H groups in total. The van der Waals surface area contributed by atoms with Crippen LogP contribution in [0.2, 0.25) is 5.02 Å². The van der Waals surface area contributed by atoms with Crippen LogP contribution in [0.4, 0.5) is 5.69 Å². The topological polar surface area (TPSA) is 59.1 Å². The molecule has 1 heterocycles. The number of fused-ring (bicyclic) bond motifs is 1. The number of para-hydroxylation sites is 2. The van der Waals surface area contributed by atoms with Crippen LogP contribution < -0.4 is 4.72 Å². The Bertz CT molecular complexity index is 1220. The maximum atomic E-state index is 12.7. The molecule has 0 aliphatic heterocycles. The Kier molecular flexibility index (Phi) is 4.56. The van der Waals surface area contributed by atoms with Gasteiger partial charge in [-0.05, 0) is 42.5 Å². The van der Waals surface area contributed by atoms with Gasteiger partial charge in [-0.25, -0.2) is 13.4 Å². The minimum atomic E-state index is -3.74. The first-order chi connectivity index (χ1) is 13.0. The summed E-state index contributed by atoms with van der Waals surface area (Å²) < 4.78 is 28.1. The summed E-state index contributed by atoms with van der Waals surface area (Å²) in [6.45, 7) is 0. The van der Waals surface area contributed by atoms with E-state index < -0.39 is 10.0 Å². The van der Waals surface area contributed by atoms with E-state index in [1.54, 1.807) is 24.3 Å². The van der Waals surface area contributed by atoms with E-state index in [1.165, 1.54) is 12.1 Å². The zero-order valence-corrected chi connectivity index (χ0v) is 15.7. The molecule has 134 valence electrons. The Morgan fingerprint density at radius 3 is 2.30 bits per heavy atom. The summed E-state index contributed by atoms with van der Waals surface area (Å²) in [5.41, 5.74) is 2.73. The molecule has 27 heavy (non-hydrogen) atoms. The van der Waals surface area contributed by atoms with Gasteiger partial charge in [0.15, 0.2) is 0 Å². The number of rotatable bonds is 4. The zero-order chi connectivity index (χ0) is 18.9. The Balaban J connectivity index is 1.75. The lowest BCUT2D eigenvalue weighted by Crippen LogP contribution is -2.13. The number of anilines is 1. The molecule has 3 aromatic carbocycles. The average Bonchev–Trinajstić information content (AvgIpc) is 2.68. The summed E-state index contributed by atoms with van der Waals surface area (Å²) in [7, 11) is -3.74. The molecule has 4 rings (SSSR count). The van der Waals surface area contributed by atoms with Crippen LogP contribution >= 0.6 is 11.6 Å². The van der Waals surface area contributed by atoms with Gasteiger partial charge in [-0.1, -0.05) is 54.1 Å². The number of sulfonamides is 1. The van der Waals surface area contributed by atoms with Gasteiger partial charge in [0.2, 0.25) is 0 Å². The highest BCUT2D eigenvalue weighted by Crippen LogP contribution is 2.30. The van der Waals surface area contributed by atoms with Crippen molar-refractivity contribution < 1.29 is 8.42 Å². The lowest BCUT2D eigenvalue weighted by molar-refractivity contribution is 0.601. The van der Waals surface area contributed by atoms with Gasteiger partial charge in [0.05, 0.1) is 21.8 Å². The van der Waals surface area contributed by atoms with Crippen LogP contribution in [-0.2, 0) is 10.0 Å². The first kappa shape index (κ1) is 17.5. The highest BCUT2D eigenvalue weighted by atomic mass is 35.5. The summed E-state index contributed by atoms with van der Waals surface area (Å²) >= 11 is 5.85. The SMILES string of the molecule is O=S(=O)(Nc1ccccc1-c1ccc2ccccc2n1)c1ccc(Cl)cc1. The van der Waals surface area contributed by atoms with E-state index in [9.17, 15) is 8.42 Å². The lowest BCUT2D eigenvalue weighted by Gasteiger charge is -2.13. The summed E-state index contributed by atoms with van der Waals surface area (Å²) in [6, 6.07) is 24.9. The molecule has 0 unspecified atom stereocenters. The molecule has 4 aromatic rings. The minimum Gasteiger partial charge on any atom is -0.279 e. The number of hydrogen-bond acceptors (Lipinski definition) is 3. The summed E-state index contributed by atoms with van der Waals surface area (Å²) in [4.78, 5) is 4.81. The van der Waals surface area contributed by atoms with Gasteiger partial charge in [-0.3, -0.25) is 4.72 Å². The Hall–Kier alpha value is -2.89. The molecule has 0 amide bonds. The molecule has 0 saturated carbocycles. The van der Waals surface area contributed by atoms with Crippen molar-refractivity contribution in [1.29, 1.82) is 0 Å². The lowest BCUT2D eigenvalue weighted by atomic mass is 10.1. The molecule has 0 aliphatic carbocycles. The van der Waals surface area contributed by atoms with Crippen molar-refractivity contribution in [3.63, 3.8) is 0 Å². The predicted octanol–water partition coefficient (Wildman–Crippen LogP) is 5.36. The minimum absolute atomic E-state index is 0.146. The second-order valence-electron chi connectivity index (χ2n) is 5.99. The van der Waals surface area contributed by atoms with Crippen molar-refractivity contribution >= 4 is 38.2 Å². The largest absolute Gasteiger partial charge is 0.279 e. The Labute approximate surface area is 162 Å². The fourth-order valence-electron chi connectivity index (χ4n) is 2.83. The number of pyridine rings is 1. The van der Waals surface area contributed by atoms with E-state index >= 15 is 0 Å². The molecule has 0 atom stereocenters. The molecule has 0 aliphatic rings. The monoisotopic (exact) mass is 394 g/mol. The number of benzene rings is 3. The van der Waals surface area contributed by atoms with Crippen LogP contribution in [0, 0.1) is 0 Å². The highest BCUT2D eigenvalue weighted by Gasteiger charge is 2.17. The van der Waals surface area contributed by atoms with Crippen LogP contribution in [-0.4, -0.2) is 13.4 Å². The predicted molar refractivity (Wildman–Crippen MR) is 109 cm³/mol. The molecule has 0 bridgehead atoms. The van der Waals surface area contributed by atoms with Crippen molar-refractivity contribution in [3.05, 3.63) is 90.0 Å². The maximum Gasteiger partial charge on any atom is 0.261 e. The molecular formula is C21H15ClN2O2S. The van der Waals surface area contributed by atoms with Crippen LogP contribution in [0.3, 0.4) is 0 Å². The molecule has 0 spiro atoms. The molecular weight excluding hydrogens is 380 g/mol. The van der Waals surface area contributed by atoms with Gasteiger partial charge >= 0.3 is 0 Å². The van der Waals surface area contributed by atoms with Crippen LogP contribution in [0.15, 0.2) is 89.8 Å². The van der Waals surface area contributed by atoms with Crippen LogP contribution in [0.1, 0.15) is 0 Å². The molecule has 0 fully saturated rings. The van der Waals surface area contributed by atoms with E-state index in [0.717, 1.165) is 10.9 Å². The third-order valence-corrected chi connectivity index (χ3v) is 5.80. The standard InChI is InChI=1S/C21H15ClN2O2S/c22-16-10-12-17(13-11-16)27(25,26)24-21-8-4-2-6-18(21)20-14-9-15-5-1-3-7-19(15)23-20/h1-14,24H. The number of halogens is 1. The summed E-state index contributed by atoms with van der Waals surface area (Å²) in [5.74, 6) is 0.